The molecule has 2 aromatic rings. The third-order valence-electron chi connectivity index (χ3n) is 3.60. The number of aromatic nitrogens is 2. The molecule has 100 valence electrons. The van der Waals surface area contributed by atoms with Crippen LogP contribution < -0.4 is 0 Å². The molecule has 3 rings (SSSR count). The molecule has 1 aliphatic rings. The molecule has 0 unspecified atom stereocenters. The van der Waals surface area contributed by atoms with E-state index in [0.29, 0.717) is 5.92 Å². The Balaban J connectivity index is 1.82. The molecule has 0 bridgehead atoms. The van der Waals surface area contributed by atoms with Gasteiger partial charge in [-0.15, -0.1) is 11.8 Å². The number of imidazole rings is 1. The molecule has 3 nitrogen and oxygen atoms in total. The minimum absolute atomic E-state index is 0.173. The Labute approximate surface area is 117 Å². The van der Waals surface area contributed by atoms with E-state index in [1.54, 1.807) is 24.3 Å². The van der Waals surface area contributed by atoms with Gasteiger partial charge in [-0.05, 0) is 23.1 Å². The van der Waals surface area contributed by atoms with E-state index in [1.807, 2.05) is 10.8 Å². The third kappa shape index (κ3) is 2.42. The Morgan fingerprint density at radius 2 is 2.26 bits per heavy atom. The van der Waals surface area contributed by atoms with Crippen molar-refractivity contribution in [3.63, 3.8) is 0 Å². The molecule has 0 fully saturated rings. The summed E-state index contributed by atoms with van der Waals surface area (Å²) in [4.78, 5) is 5.27. The number of benzene rings is 1. The maximum atomic E-state index is 10.4. The van der Waals surface area contributed by atoms with Gasteiger partial charge in [-0.2, -0.15) is 0 Å². The third-order valence-corrected chi connectivity index (χ3v) is 4.92. The van der Waals surface area contributed by atoms with Crippen LogP contribution in [-0.4, -0.2) is 19.9 Å². The van der Waals surface area contributed by atoms with Gasteiger partial charge >= 0.3 is 0 Å². The van der Waals surface area contributed by atoms with Crippen molar-refractivity contribution < 1.29 is 5.11 Å². The zero-order chi connectivity index (χ0) is 13.4. The summed E-state index contributed by atoms with van der Waals surface area (Å²) in [5.74, 6) is 0.524. The first-order valence-corrected chi connectivity index (χ1v) is 7.47. The van der Waals surface area contributed by atoms with Crippen LogP contribution in [-0.2, 0) is 6.54 Å². The van der Waals surface area contributed by atoms with Crippen molar-refractivity contribution in [2.45, 2.75) is 42.6 Å². The lowest BCUT2D eigenvalue weighted by molar-refractivity contribution is 0.170. The largest absolute Gasteiger partial charge is 0.387 e. The summed E-state index contributed by atoms with van der Waals surface area (Å²) >= 11 is 1.78. The van der Waals surface area contributed by atoms with Gasteiger partial charge in [0.15, 0.2) is 0 Å². The minimum atomic E-state index is -0.386. The predicted molar refractivity (Wildman–Crippen MR) is 77.4 cm³/mol. The van der Waals surface area contributed by atoms with Gasteiger partial charge in [0.25, 0.3) is 0 Å². The van der Waals surface area contributed by atoms with Crippen molar-refractivity contribution in [3.05, 3.63) is 48.0 Å². The number of rotatable bonds is 3. The summed E-state index contributed by atoms with van der Waals surface area (Å²) in [5, 5.41) is 10.6. The highest BCUT2D eigenvalue weighted by atomic mass is 32.2. The van der Waals surface area contributed by atoms with Crippen molar-refractivity contribution in [1.82, 2.24) is 9.55 Å². The zero-order valence-electron chi connectivity index (χ0n) is 11.2. The highest BCUT2D eigenvalue weighted by Gasteiger charge is 2.32. The number of hydrogen-bond acceptors (Lipinski definition) is 3. The standard InChI is InChI=1S/C15H18N2OS/c1-10(2)11-3-4-12-13(7-11)19-14(15(12)18)8-17-6-5-16-9-17/h3-7,9-10,14-15,18H,8H2,1-2H3/t14-,15-/m0/s1. The Bertz CT molecular complexity index is 566. The summed E-state index contributed by atoms with van der Waals surface area (Å²) < 4.78 is 2.02. The fraction of sp³-hybridized carbons (Fsp3) is 0.400. The fourth-order valence-electron chi connectivity index (χ4n) is 2.42. The fourth-order valence-corrected chi connectivity index (χ4v) is 3.80. The lowest BCUT2D eigenvalue weighted by atomic mass is 9.99. The Kier molecular flexibility index (Phi) is 3.37. The van der Waals surface area contributed by atoms with Gasteiger partial charge in [-0.25, -0.2) is 4.98 Å². The minimum Gasteiger partial charge on any atom is -0.387 e. The van der Waals surface area contributed by atoms with Crippen molar-refractivity contribution in [1.29, 1.82) is 0 Å². The number of nitrogens with zero attached hydrogens (tertiary/aromatic N) is 2. The molecule has 1 N–H and O–H groups in total. The van der Waals surface area contributed by atoms with Crippen LogP contribution in [0.5, 0.6) is 0 Å². The first kappa shape index (κ1) is 12.8. The Morgan fingerprint density at radius 1 is 1.42 bits per heavy atom. The quantitative estimate of drug-likeness (QED) is 0.934. The van der Waals surface area contributed by atoms with Crippen LogP contribution in [0.4, 0.5) is 0 Å². The van der Waals surface area contributed by atoms with Gasteiger partial charge < -0.3 is 9.67 Å². The SMILES string of the molecule is CC(C)c1ccc2c(c1)S[C@@H](Cn1ccnc1)[C@H]2O. The second kappa shape index (κ2) is 5.02. The molecule has 1 aliphatic heterocycles. The molecular weight excluding hydrogens is 256 g/mol. The summed E-state index contributed by atoms with van der Waals surface area (Å²) in [6.07, 6.45) is 5.13. The zero-order valence-corrected chi connectivity index (χ0v) is 12.0. The smallest absolute Gasteiger partial charge is 0.0946 e. The Morgan fingerprint density at radius 3 is 2.95 bits per heavy atom. The van der Waals surface area contributed by atoms with Crippen LogP contribution in [0, 0.1) is 0 Å². The highest BCUT2D eigenvalue weighted by Crippen LogP contribution is 2.45. The molecule has 4 heteroatoms. The van der Waals surface area contributed by atoms with Crippen LogP contribution in [0.2, 0.25) is 0 Å². The molecule has 0 spiro atoms. The van der Waals surface area contributed by atoms with Gasteiger partial charge in [0.1, 0.15) is 0 Å². The second-order valence-corrected chi connectivity index (χ2v) is 6.59. The van der Waals surface area contributed by atoms with Gasteiger partial charge in [0.2, 0.25) is 0 Å². The first-order valence-electron chi connectivity index (χ1n) is 6.59. The molecule has 0 radical (unpaired) electrons. The lowest BCUT2D eigenvalue weighted by Gasteiger charge is -2.14. The molecule has 1 aromatic heterocycles. The molecule has 0 saturated carbocycles. The van der Waals surface area contributed by atoms with Crippen LogP contribution in [0.1, 0.15) is 37.0 Å². The molecule has 19 heavy (non-hydrogen) atoms. The van der Waals surface area contributed by atoms with E-state index in [1.165, 1.54) is 10.5 Å². The van der Waals surface area contributed by atoms with Crippen molar-refractivity contribution in [3.8, 4) is 0 Å². The molecule has 2 atom stereocenters. The van der Waals surface area contributed by atoms with Crippen molar-refractivity contribution in [2.75, 3.05) is 0 Å². The summed E-state index contributed by atoms with van der Waals surface area (Å²) in [6.45, 7) is 5.18. The van der Waals surface area contributed by atoms with E-state index in [4.69, 9.17) is 0 Å². The van der Waals surface area contributed by atoms with E-state index in [0.717, 1.165) is 12.1 Å². The highest BCUT2D eigenvalue weighted by molar-refractivity contribution is 8.00. The molecular formula is C15H18N2OS. The maximum absolute atomic E-state index is 10.4. The molecule has 0 saturated heterocycles. The number of hydrogen-bond donors (Lipinski definition) is 1. The van der Waals surface area contributed by atoms with Gasteiger partial charge in [0.05, 0.1) is 17.7 Å². The predicted octanol–water partition coefficient (Wildman–Crippen LogP) is 3.21. The van der Waals surface area contributed by atoms with E-state index in [9.17, 15) is 5.11 Å². The number of aliphatic hydroxyl groups is 1. The molecule has 1 aromatic carbocycles. The molecule has 2 heterocycles. The van der Waals surface area contributed by atoms with E-state index < -0.39 is 0 Å². The number of thioether (sulfide) groups is 1. The number of aliphatic hydroxyl groups excluding tert-OH is 1. The van der Waals surface area contributed by atoms with Crippen LogP contribution in [0.25, 0.3) is 0 Å². The topological polar surface area (TPSA) is 38.0 Å². The van der Waals surface area contributed by atoms with Crippen LogP contribution in [0.3, 0.4) is 0 Å². The van der Waals surface area contributed by atoms with E-state index in [2.05, 4.69) is 37.0 Å². The van der Waals surface area contributed by atoms with Crippen LogP contribution >= 0.6 is 11.8 Å². The lowest BCUT2D eigenvalue weighted by Crippen LogP contribution is -2.16. The summed E-state index contributed by atoms with van der Waals surface area (Å²) in [7, 11) is 0. The summed E-state index contributed by atoms with van der Waals surface area (Å²) in [6, 6.07) is 6.44. The number of fused-ring (bicyclic) bond motifs is 1. The van der Waals surface area contributed by atoms with E-state index >= 15 is 0 Å². The van der Waals surface area contributed by atoms with Gasteiger partial charge in [-0.3, -0.25) is 0 Å². The summed E-state index contributed by atoms with van der Waals surface area (Å²) in [5.41, 5.74) is 2.40. The molecule has 0 amide bonds. The average Bonchev–Trinajstić information content (AvgIpc) is 2.99. The Hall–Kier alpha value is -1.26. The van der Waals surface area contributed by atoms with Crippen molar-refractivity contribution >= 4 is 11.8 Å². The van der Waals surface area contributed by atoms with Gasteiger partial charge in [0, 0.05) is 23.8 Å². The van der Waals surface area contributed by atoms with Crippen LogP contribution in [0.15, 0.2) is 41.8 Å². The van der Waals surface area contributed by atoms with Crippen molar-refractivity contribution in [2.24, 2.45) is 0 Å². The first-order chi connectivity index (χ1) is 9.15. The van der Waals surface area contributed by atoms with E-state index in [-0.39, 0.29) is 11.4 Å². The monoisotopic (exact) mass is 274 g/mol. The van der Waals surface area contributed by atoms with Gasteiger partial charge in [-0.1, -0.05) is 26.0 Å². The maximum Gasteiger partial charge on any atom is 0.0946 e. The molecule has 0 aliphatic carbocycles. The normalized spacial score (nSPS) is 21.9. The average molecular weight is 274 g/mol. The second-order valence-electron chi connectivity index (χ2n) is 5.31.